The summed E-state index contributed by atoms with van der Waals surface area (Å²) in [5.41, 5.74) is 0. The number of carbonyl (C=O) groups is 2. The van der Waals surface area contributed by atoms with E-state index < -0.39 is 11.9 Å². The van der Waals surface area contributed by atoms with Crippen LogP contribution in [0.5, 0.6) is 0 Å². The summed E-state index contributed by atoms with van der Waals surface area (Å²) in [4.78, 5) is 26.8. The lowest BCUT2D eigenvalue weighted by Gasteiger charge is -2.37. The number of carboxylic acid groups (broad SMARTS) is 1. The van der Waals surface area contributed by atoms with Gasteiger partial charge in [0.05, 0.1) is 5.92 Å². The fourth-order valence-electron chi connectivity index (χ4n) is 2.90. The zero-order valence-electron chi connectivity index (χ0n) is 12.0. The zero-order chi connectivity index (χ0) is 15.4. The van der Waals surface area contributed by atoms with Crippen LogP contribution in [0.25, 0.3) is 0 Å². The molecule has 0 aromatic heterocycles. The van der Waals surface area contributed by atoms with Gasteiger partial charge in [-0.1, -0.05) is 6.08 Å². The van der Waals surface area contributed by atoms with E-state index in [-0.39, 0.29) is 18.4 Å². The molecule has 1 unspecified atom stereocenters. The van der Waals surface area contributed by atoms with Gasteiger partial charge < -0.3 is 20.2 Å². The Bertz CT molecular complexity index is 447. The van der Waals surface area contributed by atoms with Crippen molar-refractivity contribution in [3.8, 4) is 0 Å². The van der Waals surface area contributed by atoms with Crippen LogP contribution in [0.4, 0.5) is 0 Å². The van der Waals surface area contributed by atoms with Gasteiger partial charge in [0, 0.05) is 38.6 Å². The Kier molecular flexibility index (Phi) is 5.17. The molecular weight excluding hydrogens is 290 g/mol. The van der Waals surface area contributed by atoms with Crippen molar-refractivity contribution in [1.82, 2.24) is 15.1 Å². The largest absolute Gasteiger partial charge is 0.481 e. The first-order valence-corrected chi connectivity index (χ1v) is 7.59. The molecule has 0 aliphatic carbocycles. The minimum absolute atomic E-state index is 0.0341. The summed E-state index contributed by atoms with van der Waals surface area (Å²) in [5.74, 6) is -1.46. The van der Waals surface area contributed by atoms with Gasteiger partial charge in [-0.05, 0) is 25.1 Å². The second-order valence-electron chi connectivity index (χ2n) is 5.48. The molecule has 0 spiro atoms. The van der Waals surface area contributed by atoms with Crippen LogP contribution in [-0.4, -0.2) is 64.1 Å². The number of hydrogen-bond donors (Lipinski definition) is 2. The molecule has 2 aliphatic heterocycles. The van der Waals surface area contributed by atoms with Gasteiger partial charge in [0.2, 0.25) is 5.91 Å². The first kappa shape index (κ1) is 15.8. The Morgan fingerprint density at radius 3 is 2.67 bits per heavy atom. The van der Waals surface area contributed by atoms with E-state index >= 15 is 0 Å². The quantitative estimate of drug-likeness (QED) is 0.580. The van der Waals surface area contributed by atoms with Crippen molar-refractivity contribution in [2.75, 3.05) is 26.2 Å². The number of aliphatic carboxylic acids is 1. The third-order valence-electron chi connectivity index (χ3n) is 4.10. The Hall–Kier alpha value is -1.63. The van der Waals surface area contributed by atoms with Crippen LogP contribution >= 0.6 is 12.2 Å². The minimum Gasteiger partial charge on any atom is -0.481 e. The molecule has 0 aromatic carbocycles. The van der Waals surface area contributed by atoms with Crippen LogP contribution in [0.3, 0.4) is 0 Å². The molecule has 2 N–H and O–H groups in total. The lowest BCUT2D eigenvalue weighted by Crippen LogP contribution is -2.49. The summed E-state index contributed by atoms with van der Waals surface area (Å²) in [6, 6.07) is 0.139. The topological polar surface area (TPSA) is 72.9 Å². The number of amides is 1. The highest BCUT2D eigenvalue weighted by Crippen LogP contribution is 2.25. The summed E-state index contributed by atoms with van der Waals surface area (Å²) in [6.07, 6.45) is 3.55. The van der Waals surface area contributed by atoms with E-state index in [1.807, 2.05) is 0 Å². The van der Waals surface area contributed by atoms with E-state index in [0.29, 0.717) is 18.2 Å². The van der Waals surface area contributed by atoms with Crippen molar-refractivity contribution < 1.29 is 14.7 Å². The molecule has 21 heavy (non-hydrogen) atoms. The summed E-state index contributed by atoms with van der Waals surface area (Å²) >= 11 is 5.30. The van der Waals surface area contributed by atoms with Gasteiger partial charge >= 0.3 is 5.97 Å². The van der Waals surface area contributed by atoms with E-state index in [2.05, 4.69) is 16.8 Å². The minimum atomic E-state index is -0.877. The van der Waals surface area contributed by atoms with Crippen LogP contribution in [0.15, 0.2) is 12.7 Å². The molecule has 0 bridgehead atoms. The first-order chi connectivity index (χ1) is 10.0. The smallest absolute Gasteiger partial charge is 0.308 e. The van der Waals surface area contributed by atoms with E-state index in [4.69, 9.17) is 17.3 Å². The highest BCUT2D eigenvalue weighted by atomic mass is 32.1. The van der Waals surface area contributed by atoms with Gasteiger partial charge in [-0.3, -0.25) is 9.59 Å². The molecule has 2 rings (SSSR count). The van der Waals surface area contributed by atoms with E-state index in [9.17, 15) is 9.59 Å². The van der Waals surface area contributed by atoms with Gasteiger partial charge in [0.15, 0.2) is 5.11 Å². The zero-order valence-corrected chi connectivity index (χ0v) is 12.8. The number of carbonyl (C=O) groups excluding carboxylic acids is 1. The molecule has 0 saturated carbocycles. The number of thiocarbonyl (C=S) groups is 1. The predicted octanol–water partition coefficient (Wildman–Crippen LogP) is 0.444. The molecule has 2 saturated heterocycles. The number of nitrogens with one attached hydrogen (secondary N) is 1. The Balaban J connectivity index is 1.84. The monoisotopic (exact) mass is 311 g/mol. The third kappa shape index (κ3) is 3.72. The lowest BCUT2D eigenvalue weighted by molar-refractivity contribution is -0.141. The highest BCUT2D eigenvalue weighted by molar-refractivity contribution is 7.80. The highest BCUT2D eigenvalue weighted by Gasteiger charge is 2.38. The maximum atomic E-state index is 11.9. The molecule has 1 atom stereocenters. The molecular formula is C14H21N3O3S. The van der Waals surface area contributed by atoms with Crippen molar-refractivity contribution in [3.63, 3.8) is 0 Å². The predicted molar refractivity (Wildman–Crippen MR) is 82.8 cm³/mol. The van der Waals surface area contributed by atoms with Crippen molar-refractivity contribution in [2.24, 2.45) is 5.92 Å². The van der Waals surface area contributed by atoms with Gasteiger partial charge in [0.1, 0.15) is 0 Å². The van der Waals surface area contributed by atoms with E-state index in [1.54, 1.807) is 11.0 Å². The average Bonchev–Trinajstić information content (AvgIpc) is 2.87. The summed E-state index contributed by atoms with van der Waals surface area (Å²) in [7, 11) is 0. The van der Waals surface area contributed by atoms with E-state index in [0.717, 1.165) is 25.9 Å². The number of hydrogen-bond acceptors (Lipinski definition) is 3. The van der Waals surface area contributed by atoms with Crippen LogP contribution in [0, 0.1) is 5.92 Å². The van der Waals surface area contributed by atoms with E-state index in [1.165, 1.54) is 0 Å². The molecule has 2 aliphatic rings. The summed E-state index contributed by atoms with van der Waals surface area (Å²) < 4.78 is 0. The molecule has 116 valence electrons. The normalized spacial score (nSPS) is 23.2. The van der Waals surface area contributed by atoms with Gasteiger partial charge in [-0.2, -0.15) is 0 Å². The Morgan fingerprint density at radius 2 is 2.14 bits per heavy atom. The molecule has 0 aromatic rings. The molecule has 1 amide bonds. The molecule has 2 heterocycles. The van der Waals surface area contributed by atoms with Gasteiger partial charge in [0.25, 0.3) is 0 Å². The number of likely N-dealkylation sites (tertiary alicyclic amines) is 2. The second-order valence-corrected chi connectivity index (χ2v) is 5.87. The van der Waals surface area contributed by atoms with Crippen molar-refractivity contribution in [2.45, 2.75) is 25.3 Å². The molecule has 2 fully saturated rings. The summed E-state index contributed by atoms with van der Waals surface area (Å²) in [5, 5.41) is 12.8. The Morgan fingerprint density at radius 1 is 1.48 bits per heavy atom. The fourth-order valence-corrected chi connectivity index (χ4v) is 3.17. The van der Waals surface area contributed by atoms with Crippen molar-refractivity contribution in [1.29, 1.82) is 0 Å². The maximum Gasteiger partial charge on any atom is 0.308 e. The third-order valence-corrected chi connectivity index (χ3v) is 4.50. The van der Waals surface area contributed by atoms with Crippen LogP contribution in [-0.2, 0) is 9.59 Å². The molecule has 6 nitrogen and oxygen atoms in total. The van der Waals surface area contributed by atoms with Crippen molar-refractivity contribution >= 4 is 29.2 Å². The number of nitrogens with zero attached hydrogens (tertiary/aromatic N) is 2. The van der Waals surface area contributed by atoms with Gasteiger partial charge in [-0.25, -0.2) is 0 Å². The van der Waals surface area contributed by atoms with Crippen LogP contribution in [0.2, 0.25) is 0 Å². The number of piperidine rings is 1. The fraction of sp³-hybridized carbons (Fsp3) is 0.643. The number of rotatable bonds is 4. The van der Waals surface area contributed by atoms with Crippen LogP contribution < -0.4 is 5.32 Å². The van der Waals surface area contributed by atoms with Crippen molar-refractivity contribution in [3.05, 3.63) is 12.7 Å². The van der Waals surface area contributed by atoms with Crippen LogP contribution in [0.1, 0.15) is 19.3 Å². The Labute approximate surface area is 129 Å². The summed E-state index contributed by atoms with van der Waals surface area (Å²) in [6.45, 7) is 6.20. The SMILES string of the molecule is C=CCNC(=S)N1CCC(N2CC(C(=O)O)CC2=O)CC1. The lowest BCUT2D eigenvalue weighted by atomic mass is 10.0. The first-order valence-electron chi connectivity index (χ1n) is 7.19. The molecule has 0 radical (unpaired) electrons. The maximum absolute atomic E-state index is 11.9. The average molecular weight is 311 g/mol. The standard InChI is InChI=1S/C14H21N3O3S/c1-2-5-15-14(21)16-6-3-11(4-7-16)17-9-10(13(19)20)8-12(17)18/h2,10-11H,1,3-9H2,(H,15,21)(H,19,20). The number of carboxylic acids is 1. The second kappa shape index (κ2) is 6.89. The molecule has 7 heteroatoms. The van der Waals surface area contributed by atoms with Gasteiger partial charge in [-0.15, -0.1) is 6.58 Å².